The van der Waals surface area contributed by atoms with Crippen LogP contribution >= 0.6 is 11.8 Å². The predicted molar refractivity (Wildman–Crippen MR) is 142 cm³/mol. The van der Waals surface area contributed by atoms with E-state index in [4.69, 9.17) is 4.74 Å². The number of nitrogens with zero attached hydrogens (tertiary/aromatic N) is 3. The molecule has 4 aliphatic rings. The topological polar surface area (TPSA) is 94.3 Å². The molecule has 7 atom stereocenters. The standard InChI is InChI=1S/C29H33F2N3O4S/c1-16(35)38-29(26(37)39-15-30)9-8-21-20-6-4-18-10-22-17(13-33-34(22)19-5-7-24(31)32-14-19)11-27(18,2)25(20)23(36)12-28(21,29)3/h5,7,10,13-14,20-21,23,25,36H,4,6,8-9,11-12,15H2,1-3H3/t20-,21-,23-,25+,27-,28-,29-/m0/s1. The van der Waals surface area contributed by atoms with Crippen LogP contribution in [0.15, 0.2) is 30.1 Å². The zero-order valence-electron chi connectivity index (χ0n) is 22.3. The molecule has 0 amide bonds. The maximum Gasteiger partial charge on any atom is 0.303 e. The van der Waals surface area contributed by atoms with E-state index in [1.165, 1.54) is 24.8 Å². The second-order valence-electron chi connectivity index (χ2n) is 12.1. The van der Waals surface area contributed by atoms with E-state index >= 15 is 0 Å². The van der Waals surface area contributed by atoms with E-state index in [-0.39, 0.29) is 23.2 Å². The van der Waals surface area contributed by atoms with Crippen LogP contribution in [0.25, 0.3) is 11.8 Å². The number of carbonyl (C=O) groups is 2. The third-order valence-electron chi connectivity index (χ3n) is 10.3. The quantitative estimate of drug-likeness (QED) is 0.415. The molecule has 0 unspecified atom stereocenters. The van der Waals surface area contributed by atoms with Crippen molar-refractivity contribution in [2.45, 2.75) is 71.0 Å². The van der Waals surface area contributed by atoms with Gasteiger partial charge in [-0.25, -0.2) is 14.1 Å². The Kier molecular flexibility index (Phi) is 6.30. The minimum Gasteiger partial charge on any atom is -0.450 e. The van der Waals surface area contributed by atoms with Crippen molar-refractivity contribution >= 4 is 28.9 Å². The van der Waals surface area contributed by atoms with E-state index in [9.17, 15) is 23.5 Å². The first-order valence-corrected chi connectivity index (χ1v) is 14.5. The van der Waals surface area contributed by atoms with Gasteiger partial charge in [0, 0.05) is 12.3 Å². The van der Waals surface area contributed by atoms with Crippen LogP contribution in [0.4, 0.5) is 8.78 Å². The van der Waals surface area contributed by atoms with Gasteiger partial charge in [-0.05, 0) is 97.2 Å². The van der Waals surface area contributed by atoms with Gasteiger partial charge < -0.3 is 9.84 Å². The van der Waals surface area contributed by atoms with Gasteiger partial charge in [0.15, 0.2) is 5.60 Å². The summed E-state index contributed by atoms with van der Waals surface area (Å²) in [6, 6.07) is 2.09. The number of hydrogen-bond donors (Lipinski definition) is 1. The molecular formula is C29H33F2N3O4S. The summed E-state index contributed by atoms with van der Waals surface area (Å²) in [6.07, 6.45) is 8.47. The summed E-state index contributed by atoms with van der Waals surface area (Å²) in [7, 11) is 0. The largest absolute Gasteiger partial charge is 0.450 e. The molecule has 2 heterocycles. The van der Waals surface area contributed by atoms with Crippen molar-refractivity contribution in [2.24, 2.45) is 28.6 Å². The average Bonchev–Trinajstić information content (AvgIpc) is 3.40. The van der Waals surface area contributed by atoms with Crippen molar-refractivity contribution in [2.75, 3.05) is 6.01 Å². The summed E-state index contributed by atoms with van der Waals surface area (Å²) in [5.74, 6) is -0.967. The van der Waals surface area contributed by atoms with Crippen molar-refractivity contribution < 1.29 is 28.2 Å². The van der Waals surface area contributed by atoms with Gasteiger partial charge in [-0.3, -0.25) is 9.59 Å². The number of allylic oxidation sites excluding steroid dienone is 1. The van der Waals surface area contributed by atoms with Crippen LogP contribution < -0.4 is 0 Å². The molecule has 6 rings (SSSR count). The molecule has 0 saturated heterocycles. The van der Waals surface area contributed by atoms with Crippen LogP contribution in [-0.4, -0.2) is 48.7 Å². The number of fused-ring (bicyclic) bond motifs is 6. The molecule has 4 aliphatic carbocycles. The number of hydrogen-bond acceptors (Lipinski definition) is 7. The number of ether oxygens (including phenoxy) is 1. The fourth-order valence-corrected chi connectivity index (χ4v) is 9.54. The van der Waals surface area contributed by atoms with Gasteiger partial charge in [0.05, 0.1) is 29.9 Å². The number of rotatable bonds is 4. The fraction of sp³-hybridized carbons (Fsp3) is 0.586. The first-order chi connectivity index (χ1) is 18.5. The van der Waals surface area contributed by atoms with E-state index in [0.29, 0.717) is 43.1 Å². The number of halogens is 2. The Bertz CT molecular complexity index is 1360. The lowest BCUT2D eigenvalue weighted by atomic mass is 9.45. The molecule has 0 aliphatic heterocycles. The molecule has 0 radical (unpaired) electrons. The van der Waals surface area contributed by atoms with Gasteiger partial charge in [0.1, 0.15) is 6.01 Å². The summed E-state index contributed by atoms with van der Waals surface area (Å²) < 4.78 is 34.3. The molecule has 7 nitrogen and oxygen atoms in total. The zero-order chi connectivity index (χ0) is 27.7. The molecular weight excluding hydrogens is 524 g/mol. The Hall–Kier alpha value is -2.59. The Morgan fingerprint density at radius 2 is 2.05 bits per heavy atom. The van der Waals surface area contributed by atoms with Crippen LogP contribution in [0.3, 0.4) is 0 Å². The molecule has 39 heavy (non-hydrogen) atoms. The number of alkyl halides is 1. The van der Waals surface area contributed by atoms with Crippen LogP contribution in [-0.2, 0) is 20.7 Å². The lowest BCUT2D eigenvalue weighted by molar-refractivity contribution is -0.195. The molecule has 10 heteroatoms. The van der Waals surface area contributed by atoms with Crippen LogP contribution in [0.2, 0.25) is 0 Å². The van der Waals surface area contributed by atoms with Gasteiger partial charge in [0.25, 0.3) is 0 Å². The van der Waals surface area contributed by atoms with E-state index in [1.807, 2.05) is 13.1 Å². The van der Waals surface area contributed by atoms with E-state index < -0.39 is 40.2 Å². The highest BCUT2D eigenvalue weighted by molar-refractivity contribution is 8.13. The highest BCUT2D eigenvalue weighted by atomic mass is 32.2. The predicted octanol–water partition coefficient (Wildman–Crippen LogP) is 5.05. The second kappa shape index (κ2) is 9.23. The number of aromatic nitrogens is 3. The van der Waals surface area contributed by atoms with Crippen LogP contribution in [0.5, 0.6) is 0 Å². The van der Waals surface area contributed by atoms with Crippen LogP contribution in [0, 0.1) is 34.5 Å². The normalized spacial score (nSPS) is 36.7. The molecule has 2 aromatic heterocycles. The SMILES string of the molecule is CC(=O)O[C@]1(C(=O)SCF)CC[C@H]2[C@@H]3CCC4=Cc5c(cnn5-c5ccc(F)nc5)C[C@]4(C)[C@H]3[C@@H](O)C[C@@]21C. The van der Waals surface area contributed by atoms with Gasteiger partial charge in [-0.1, -0.05) is 19.4 Å². The van der Waals surface area contributed by atoms with Crippen molar-refractivity contribution in [3.8, 4) is 5.69 Å². The number of pyridine rings is 1. The lowest BCUT2D eigenvalue weighted by Crippen LogP contribution is -2.62. The Morgan fingerprint density at radius 3 is 2.74 bits per heavy atom. The monoisotopic (exact) mass is 557 g/mol. The van der Waals surface area contributed by atoms with E-state index in [0.717, 1.165) is 24.1 Å². The van der Waals surface area contributed by atoms with E-state index in [1.54, 1.807) is 10.7 Å². The van der Waals surface area contributed by atoms with Gasteiger partial charge in [-0.2, -0.15) is 9.49 Å². The maximum atomic E-state index is 13.4. The van der Waals surface area contributed by atoms with Gasteiger partial charge in [-0.15, -0.1) is 0 Å². The molecule has 3 fully saturated rings. The zero-order valence-corrected chi connectivity index (χ0v) is 23.1. The van der Waals surface area contributed by atoms with Crippen molar-refractivity contribution in [1.29, 1.82) is 0 Å². The highest BCUT2D eigenvalue weighted by Crippen LogP contribution is 2.68. The maximum absolute atomic E-state index is 13.4. The number of carbonyl (C=O) groups excluding carboxylic acids is 2. The number of aliphatic hydroxyl groups excluding tert-OH is 1. The van der Waals surface area contributed by atoms with E-state index in [2.05, 4.69) is 23.1 Å². The third kappa shape index (κ3) is 3.77. The van der Waals surface area contributed by atoms with Crippen molar-refractivity contribution in [1.82, 2.24) is 14.8 Å². The first-order valence-electron chi connectivity index (χ1n) is 13.5. The van der Waals surface area contributed by atoms with Crippen LogP contribution in [0.1, 0.15) is 64.1 Å². The number of thioether (sulfide) groups is 1. The van der Waals surface area contributed by atoms with Crippen molar-refractivity contribution in [3.63, 3.8) is 0 Å². The first kappa shape index (κ1) is 26.6. The Morgan fingerprint density at radius 1 is 1.26 bits per heavy atom. The minimum atomic E-state index is -1.44. The fourth-order valence-electron chi connectivity index (χ4n) is 8.83. The molecule has 0 aromatic carbocycles. The summed E-state index contributed by atoms with van der Waals surface area (Å²) >= 11 is 0.557. The summed E-state index contributed by atoms with van der Waals surface area (Å²) in [4.78, 5) is 29.3. The summed E-state index contributed by atoms with van der Waals surface area (Å²) in [5.41, 5.74) is 1.42. The molecule has 0 bridgehead atoms. The third-order valence-corrected chi connectivity index (χ3v) is 11.0. The average molecular weight is 558 g/mol. The van der Waals surface area contributed by atoms with Gasteiger partial charge in [0.2, 0.25) is 11.1 Å². The molecule has 3 saturated carbocycles. The molecule has 1 N–H and O–H groups in total. The molecule has 2 aromatic rings. The number of aliphatic hydroxyl groups is 1. The Labute approximate surface area is 230 Å². The number of esters is 1. The summed E-state index contributed by atoms with van der Waals surface area (Å²) in [5, 5.41) is 16.0. The van der Waals surface area contributed by atoms with Crippen molar-refractivity contribution in [3.05, 3.63) is 47.3 Å². The smallest absolute Gasteiger partial charge is 0.303 e. The Balaban J connectivity index is 1.36. The van der Waals surface area contributed by atoms with Gasteiger partial charge >= 0.3 is 5.97 Å². The molecule has 0 spiro atoms. The summed E-state index contributed by atoms with van der Waals surface area (Å²) in [6.45, 7) is 5.46. The molecule has 208 valence electrons. The minimum absolute atomic E-state index is 0.0448. The second-order valence-corrected chi connectivity index (χ2v) is 13.0. The highest BCUT2D eigenvalue weighted by Gasteiger charge is 2.70. The lowest BCUT2D eigenvalue weighted by Gasteiger charge is -2.60.